The number of aliphatic hydroxyl groups is 1. The van der Waals surface area contributed by atoms with Crippen LogP contribution in [0.5, 0.6) is 5.75 Å². The molecule has 7 heteroatoms. The molecule has 0 unspecified atom stereocenters. The lowest BCUT2D eigenvalue weighted by atomic mass is 9.98. The Bertz CT molecular complexity index is 1210. The maximum atomic E-state index is 13.3. The molecule has 0 radical (unpaired) electrons. The van der Waals surface area contributed by atoms with Crippen molar-refractivity contribution < 1.29 is 19.0 Å². The fourth-order valence-electron chi connectivity index (χ4n) is 3.91. The van der Waals surface area contributed by atoms with Crippen LogP contribution in [0.1, 0.15) is 31.4 Å². The van der Waals surface area contributed by atoms with Crippen LogP contribution in [0.2, 0.25) is 0 Å². The summed E-state index contributed by atoms with van der Waals surface area (Å²) in [5, 5.41) is 17.4. The number of aromatic nitrogens is 2. The van der Waals surface area contributed by atoms with E-state index in [2.05, 4.69) is 10.4 Å². The number of benzene rings is 3. The van der Waals surface area contributed by atoms with Crippen molar-refractivity contribution in [1.82, 2.24) is 15.1 Å². The van der Waals surface area contributed by atoms with Crippen molar-refractivity contribution in [2.75, 3.05) is 6.61 Å². The van der Waals surface area contributed by atoms with Gasteiger partial charge in [-0.25, -0.2) is 9.07 Å². The van der Waals surface area contributed by atoms with Gasteiger partial charge >= 0.3 is 0 Å². The first kappa shape index (κ1) is 22.5. The second-order valence-electron chi connectivity index (χ2n) is 7.82. The van der Waals surface area contributed by atoms with Gasteiger partial charge in [-0.15, -0.1) is 0 Å². The molecule has 0 aliphatic heterocycles. The normalized spacial score (nSPS) is 12.9. The largest absolute Gasteiger partial charge is 0.484 e. The summed E-state index contributed by atoms with van der Waals surface area (Å²) in [5.41, 5.74) is 2.55. The van der Waals surface area contributed by atoms with Crippen molar-refractivity contribution in [3.05, 3.63) is 90.4 Å². The van der Waals surface area contributed by atoms with Crippen molar-refractivity contribution in [3.8, 4) is 11.4 Å². The van der Waals surface area contributed by atoms with Gasteiger partial charge in [0, 0.05) is 5.39 Å². The highest BCUT2D eigenvalue weighted by molar-refractivity contribution is 5.81. The fourth-order valence-corrected chi connectivity index (χ4v) is 3.91. The lowest BCUT2D eigenvalue weighted by Crippen LogP contribution is -2.42. The van der Waals surface area contributed by atoms with Crippen LogP contribution in [0.15, 0.2) is 79.0 Å². The molecule has 0 spiro atoms. The minimum atomic E-state index is -0.573. The summed E-state index contributed by atoms with van der Waals surface area (Å²) in [6.45, 7) is 1.46. The summed E-state index contributed by atoms with van der Waals surface area (Å²) in [7, 11) is 0. The standard InChI is InChI=1S/C26H26FN3O3/c1-2-6-23(29-25(32)17-31)26(18-7-4-3-5-8-18)33-22-13-14-24-19(15-22)16-28-30(24)21-11-9-20(27)10-12-21/h3-5,7-16,23,26,31H,2,6,17H2,1H3,(H,29,32)/t23-,26-/m0/s1. The summed E-state index contributed by atoms with van der Waals surface area (Å²) in [6.07, 6.45) is 2.83. The van der Waals surface area contributed by atoms with Gasteiger partial charge in [-0.1, -0.05) is 43.7 Å². The molecule has 0 saturated carbocycles. The number of hydrogen-bond acceptors (Lipinski definition) is 4. The molecule has 170 valence electrons. The number of hydrogen-bond donors (Lipinski definition) is 2. The number of carbonyl (C=O) groups is 1. The fraction of sp³-hybridized carbons (Fsp3) is 0.231. The van der Waals surface area contributed by atoms with Crippen LogP contribution in [0.25, 0.3) is 16.6 Å². The number of fused-ring (bicyclic) bond motifs is 1. The lowest BCUT2D eigenvalue weighted by molar-refractivity contribution is -0.125. The van der Waals surface area contributed by atoms with Gasteiger partial charge in [0.2, 0.25) is 5.91 Å². The topological polar surface area (TPSA) is 76.4 Å². The van der Waals surface area contributed by atoms with E-state index < -0.39 is 18.6 Å². The number of nitrogens with one attached hydrogen (secondary N) is 1. The lowest BCUT2D eigenvalue weighted by Gasteiger charge is -2.29. The van der Waals surface area contributed by atoms with Crippen molar-refractivity contribution in [2.45, 2.75) is 31.9 Å². The molecule has 3 aromatic carbocycles. The minimum Gasteiger partial charge on any atom is -0.484 e. The van der Waals surface area contributed by atoms with Crippen LogP contribution in [0.4, 0.5) is 4.39 Å². The Balaban J connectivity index is 1.66. The van der Waals surface area contributed by atoms with Crippen LogP contribution >= 0.6 is 0 Å². The van der Waals surface area contributed by atoms with Crippen LogP contribution in [0.3, 0.4) is 0 Å². The molecule has 1 heterocycles. The van der Waals surface area contributed by atoms with Crippen LogP contribution in [-0.2, 0) is 4.79 Å². The molecule has 6 nitrogen and oxygen atoms in total. The van der Waals surface area contributed by atoms with E-state index in [0.717, 1.165) is 28.6 Å². The van der Waals surface area contributed by atoms with Gasteiger partial charge < -0.3 is 15.2 Å². The summed E-state index contributed by atoms with van der Waals surface area (Å²) in [6, 6.07) is 21.2. The van der Waals surface area contributed by atoms with E-state index in [1.54, 1.807) is 23.0 Å². The predicted octanol–water partition coefficient (Wildman–Crippen LogP) is 4.56. The Kier molecular flexibility index (Phi) is 7.00. The molecule has 0 aliphatic carbocycles. The third kappa shape index (κ3) is 5.21. The molecule has 1 aromatic heterocycles. The van der Waals surface area contributed by atoms with Gasteiger partial charge in [-0.05, 0) is 54.4 Å². The highest BCUT2D eigenvalue weighted by Crippen LogP contribution is 2.30. The van der Waals surface area contributed by atoms with E-state index in [-0.39, 0.29) is 11.9 Å². The number of carbonyl (C=O) groups excluding carboxylic acids is 1. The Labute approximate surface area is 191 Å². The molecule has 33 heavy (non-hydrogen) atoms. The van der Waals surface area contributed by atoms with E-state index in [0.29, 0.717) is 12.2 Å². The molecule has 4 rings (SSSR count). The Morgan fingerprint density at radius 3 is 2.58 bits per heavy atom. The first-order chi connectivity index (χ1) is 16.1. The summed E-state index contributed by atoms with van der Waals surface area (Å²) in [4.78, 5) is 12.0. The number of amides is 1. The maximum Gasteiger partial charge on any atom is 0.246 e. The van der Waals surface area contributed by atoms with Crippen molar-refractivity contribution in [1.29, 1.82) is 0 Å². The van der Waals surface area contributed by atoms with Crippen LogP contribution in [0, 0.1) is 5.82 Å². The van der Waals surface area contributed by atoms with Crippen molar-refractivity contribution in [2.24, 2.45) is 0 Å². The molecular weight excluding hydrogens is 421 g/mol. The first-order valence-electron chi connectivity index (χ1n) is 10.9. The number of rotatable bonds is 9. The van der Waals surface area contributed by atoms with Crippen LogP contribution in [-0.4, -0.2) is 33.4 Å². The minimum absolute atomic E-state index is 0.298. The Morgan fingerprint density at radius 2 is 1.88 bits per heavy atom. The molecule has 1 amide bonds. The molecule has 0 saturated heterocycles. The molecule has 2 atom stereocenters. The quantitative estimate of drug-likeness (QED) is 0.394. The molecule has 0 aliphatic rings. The second-order valence-corrected chi connectivity index (χ2v) is 7.82. The SMILES string of the molecule is CCC[C@H](NC(=O)CO)[C@@H](Oc1ccc2c(cnn2-c2ccc(F)cc2)c1)c1ccccc1. The van der Waals surface area contributed by atoms with Gasteiger partial charge in [0.05, 0.1) is 23.4 Å². The molecular formula is C26H26FN3O3. The van der Waals surface area contributed by atoms with E-state index in [1.165, 1.54) is 12.1 Å². The van der Waals surface area contributed by atoms with E-state index in [9.17, 15) is 14.3 Å². The Morgan fingerprint density at radius 1 is 1.12 bits per heavy atom. The van der Waals surface area contributed by atoms with Gasteiger partial charge in [-0.3, -0.25) is 4.79 Å². The third-order valence-electron chi connectivity index (χ3n) is 5.46. The zero-order valence-electron chi connectivity index (χ0n) is 18.3. The average molecular weight is 448 g/mol. The molecule has 4 aromatic rings. The average Bonchev–Trinajstić information content (AvgIpc) is 3.26. The highest BCUT2D eigenvalue weighted by Gasteiger charge is 2.26. The van der Waals surface area contributed by atoms with Gasteiger partial charge in [0.15, 0.2) is 0 Å². The first-order valence-corrected chi connectivity index (χ1v) is 10.9. The zero-order valence-corrected chi connectivity index (χ0v) is 18.3. The number of ether oxygens (including phenoxy) is 1. The summed E-state index contributed by atoms with van der Waals surface area (Å²) < 4.78 is 21.5. The zero-order chi connectivity index (χ0) is 23.2. The second kappa shape index (κ2) is 10.3. The number of aliphatic hydroxyl groups excluding tert-OH is 1. The third-order valence-corrected chi connectivity index (χ3v) is 5.46. The highest BCUT2D eigenvalue weighted by atomic mass is 19.1. The van der Waals surface area contributed by atoms with E-state index in [4.69, 9.17) is 4.74 Å². The van der Waals surface area contributed by atoms with Crippen molar-refractivity contribution in [3.63, 3.8) is 0 Å². The van der Waals surface area contributed by atoms with E-state index in [1.807, 2.05) is 55.5 Å². The monoisotopic (exact) mass is 447 g/mol. The maximum absolute atomic E-state index is 13.3. The Hall–Kier alpha value is -3.71. The van der Waals surface area contributed by atoms with E-state index >= 15 is 0 Å². The summed E-state index contributed by atoms with van der Waals surface area (Å²) in [5.74, 6) is -0.101. The smallest absolute Gasteiger partial charge is 0.246 e. The molecule has 2 N–H and O–H groups in total. The van der Waals surface area contributed by atoms with Gasteiger partial charge in [0.25, 0.3) is 0 Å². The molecule has 0 fully saturated rings. The molecule has 0 bridgehead atoms. The number of halogens is 1. The number of nitrogens with zero attached hydrogens (tertiary/aromatic N) is 2. The van der Waals surface area contributed by atoms with Gasteiger partial charge in [0.1, 0.15) is 24.3 Å². The summed E-state index contributed by atoms with van der Waals surface area (Å²) >= 11 is 0. The van der Waals surface area contributed by atoms with Crippen LogP contribution < -0.4 is 10.1 Å². The van der Waals surface area contributed by atoms with Crippen molar-refractivity contribution >= 4 is 16.8 Å². The predicted molar refractivity (Wildman–Crippen MR) is 125 cm³/mol. The van der Waals surface area contributed by atoms with Gasteiger partial charge in [-0.2, -0.15) is 5.10 Å².